The summed E-state index contributed by atoms with van der Waals surface area (Å²) in [7, 11) is 0. The van der Waals surface area contributed by atoms with E-state index in [0.29, 0.717) is 5.82 Å². The van der Waals surface area contributed by atoms with Gasteiger partial charge in [0.2, 0.25) is 0 Å². The largest absolute Gasteiger partial charge is 0.481 e. The topological polar surface area (TPSA) is 76.2 Å². The number of nitrogens with zero attached hydrogens (tertiary/aromatic N) is 2. The Morgan fingerprint density at radius 3 is 2.20 bits per heavy atom. The fraction of sp³-hybridized carbons (Fsp3) is 0.100. The summed E-state index contributed by atoms with van der Waals surface area (Å²) >= 11 is 0. The number of carbonyl (C=O) groups is 1. The van der Waals surface area contributed by atoms with Crippen LogP contribution in [0.3, 0.4) is 0 Å². The van der Waals surface area contributed by atoms with Crippen molar-refractivity contribution in [2.45, 2.75) is 6.42 Å². The minimum atomic E-state index is -0.911. The molecule has 2 rings (SSSR count). The van der Waals surface area contributed by atoms with E-state index in [-0.39, 0.29) is 6.42 Å². The molecule has 5 heteroatoms. The molecule has 2 aromatic heterocycles. The summed E-state index contributed by atoms with van der Waals surface area (Å²) in [6, 6.07) is 5.31. The van der Waals surface area contributed by atoms with E-state index in [1.165, 1.54) is 12.4 Å². The third-order valence-electron chi connectivity index (χ3n) is 1.35. The molecule has 0 aliphatic carbocycles. The van der Waals surface area contributed by atoms with Gasteiger partial charge in [-0.15, -0.1) is 0 Å². The monoisotopic (exact) mass is 206 g/mol. The van der Waals surface area contributed by atoms with Crippen molar-refractivity contribution in [1.82, 2.24) is 9.97 Å². The van der Waals surface area contributed by atoms with Gasteiger partial charge in [0.1, 0.15) is 12.2 Å². The van der Waals surface area contributed by atoms with Crippen LogP contribution >= 0.6 is 0 Å². The van der Waals surface area contributed by atoms with Gasteiger partial charge in [-0.1, -0.05) is 0 Å². The van der Waals surface area contributed by atoms with Gasteiger partial charge in [0.05, 0.1) is 12.5 Å². The van der Waals surface area contributed by atoms with Crippen molar-refractivity contribution in [2.24, 2.45) is 0 Å². The molecule has 2 heterocycles. The van der Waals surface area contributed by atoms with E-state index >= 15 is 0 Å². The second-order valence-electron chi connectivity index (χ2n) is 2.53. The number of aromatic nitrogens is 2. The molecular formula is C10H10N2O3. The SMILES string of the molecule is O=C(O)Cc1ncccn1.c1ccoc1. The smallest absolute Gasteiger partial charge is 0.311 e. The predicted molar refractivity (Wildman–Crippen MR) is 52.1 cm³/mol. The number of rotatable bonds is 2. The standard InChI is InChI=1S/C6H6N2O2.C4H4O/c9-6(10)4-5-7-2-1-3-8-5;1-2-4-5-3-1/h1-3H,4H2,(H,9,10);1-4H. The van der Waals surface area contributed by atoms with Crippen molar-refractivity contribution in [1.29, 1.82) is 0 Å². The summed E-state index contributed by atoms with van der Waals surface area (Å²) in [5.74, 6) is -0.568. The van der Waals surface area contributed by atoms with Gasteiger partial charge in [-0.3, -0.25) is 4.79 Å². The molecule has 1 N–H and O–H groups in total. The third kappa shape index (κ3) is 5.20. The minimum absolute atomic E-state index is 0.110. The molecule has 0 atom stereocenters. The summed E-state index contributed by atoms with van der Waals surface area (Å²) in [6.07, 6.45) is 6.18. The maximum absolute atomic E-state index is 10.1. The van der Waals surface area contributed by atoms with Crippen molar-refractivity contribution in [3.05, 3.63) is 48.9 Å². The van der Waals surface area contributed by atoms with Crippen LogP contribution in [0.2, 0.25) is 0 Å². The minimum Gasteiger partial charge on any atom is -0.481 e. The molecule has 0 aromatic carbocycles. The van der Waals surface area contributed by atoms with Crippen LogP contribution in [0.4, 0.5) is 0 Å². The molecule has 0 radical (unpaired) electrons. The number of carboxylic acids is 1. The highest BCUT2D eigenvalue weighted by atomic mass is 16.4. The maximum atomic E-state index is 10.1. The van der Waals surface area contributed by atoms with Crippen LogP contribution in [0.1, 0.15) is 5.82 Å². The number of aliphatic carboxylic acids is 1. The van der Waals surface area contributed by atoms with Crippen LogP contribution in [-0.2, 0) is 11.2 Å². The van der Waals surface area contributed by atoms with Crippen molar-refractivity contribution < 1.29 is 14.3 Å². The molecule has 0 saturated carbocycles. The quantitative estimate of drug-likeness (QED) is 0.803. The van der Waals surface area contributed by atoms with Gasteiger partial charge >= 0.3 is 5.97 Å². The van der Waals surface area contributed by atoms with Gasteiger partial charge in [-0.25, -0.2) is 9.97 Å². The van der Waals surface area contributed by atoms with Crippen molar-refractivity contribution in [3.63, 3.8) is 0 Å². The van der Waals surface area contributed by atoms with E-state index in [2.05, 4.69) is 14.4 Å². The van der Waals surface area contributed by atoms with Crippen LogP contribution in [0.15, 0.2) is 47.5 Å². The van der Waals surface area contributed by atoms with Crippen LogP contribution in [0, 0.1) is 0 Å². The van der Waals surface area contributed by atoms with Crippen molar-refractivity contribution >= 4 is 5.97 Å². The van der Waals surface area contributed by atoms with Gasteiger partial charge in [-0.05, 0) is 18.2 Å². The van der Waals surface area contributed by atoms with Crippen molar-refractivity contribution in [3.8, 4) is 0 Å². The second kappa shape index (κ2) is 6.31. The average Bonchev–Trinajstić information content (AvgIpc) is 2.76. The molecule has 78 valence electrons. The van der Waals surface area contributed by atoms with Crippen LogP contribution < -0.4 is 0 Å². The lowest BCUT2D eigenvalue weighted by atomic mass is 10.4. The molecule has 0 spiro atoms. The molecule has 2 aromatic rings. The normalized spacial score (nSPS) is 8.80. The van der Waals surface area contributed by atoms with E-state index in [9.17, 15) is 4.79 Å². The van der Waals surface area contributed by atoms with Gasteiger partial charge in [0.25, 0.3) is 0 Å². The van der Waals surface area contributed by atoms with Crippen LogP contribution in [-0.4, -0.2) is 21.0 Å². The molecule has 0 fully saturated rings. The van der Waals surface area contributed by atoms with Crippen molar-refractivity contribution in [2.75, 3.05) is 0 Å². The highest BCUT2D eigenvalue weighted by Crippen LogP contribution is 1.87. The molecule has 0 aliphatic heterocycles. The summed E-state index contributed by atoms with van der Waals surface area (Å²) in [4.78, 5) is 17.5. The zero-order chi connectivity index (χ0) is 10.9. The number of carboxylic acid groups (broad SMARTS) is 1. The Kier molecular flexibility index (Phi) is 4.59. The Balaban J connectivity index is 0.000000187. The zero-order valence-corrected chi connectivity index (χ0v) is 7.91. The molecule has 0 saturated heterocycles. The first-order chi connectivity index (χ1) is 7.29. The lowest BCUT2D eigenvalue weighted by molar-refractivity contribution is -0.136. The summed E-state index contributed by atoms with van der Waals surface area (Å²) in [5.41, 5.74) is 0. The summed E-state index contributed by atoms with van der Waals surface area (Å²) in [6.45, 7) is 0. The Labute approximate surface area is 86.4 Å². The van der Waals surface area contributed by atoms with E-state index in [4.69, 9.17) is 5.11 Å². The summed E-state index contributed by atoms with van der Waals surface area (Å²) < 4.78 is 4.58. The first kappa shape index (κ1) is 10.9. The predicted octanol–water partition coefficient (Wildman–Crippen LogP) is 1.38. The maximum Gasteiger partial charge on any atom is 0.311 e. The van der Waals surface area contributed by atoms with E-state index in [1.54, 1.807) is 18.6 Å². The zero-order valence-electron chi connectivity index (χ0n) is 7.91. The lowest BCUT2D eigenvalue weighted by Gasteiger charge is -1.90. The molecular weight excluding hydrogens is 196 g/mol. The Hall–Kier alpha value is -2.17. The Morgan fingerprint density at radius 1 is 1.20 bits per heavy atom. The molecule has 0 amide bonds. The van der Waals surface area contributed by atoms with Crippen LogP contribution in [0.5, 0.6) is 0 Å². The number of hydrogen-bond acceptors (Lipinski definition) is 4. The lowest BCUT2D eigenvalue weighted by Crippen LogP contribution is -2.03. The van der Waals surface area contributed by atoms with E-state index in [0.717, 1.165) is 0 Å². The van der Waals surface area contributed by atoms with Gasteiger partial charge < -0.3 is 9.52 Å². The molecule has 5 nitrogen and oxygen atoms in total. The Bertz CT molecular complexity index is 356. The second-order valence-corrected chi connectivity index (χ2v) is 2.53. The fourth-order valence-electron chi connectivity index (χ4n) is 0.783. The first-order valence-corrected chi connectivity index (χ1v) is 4.24. The third-order valence-corrected chi connectivity index (χ3v) is 1.35. The molecule has 15 heavy (non-hydrogen) atoms. The van der Waals surface area contributed by atoms with E-state index in [1.807, 2.05) is 12.1 Å². The summed E-state index contributed by atoms with van der Waals surface area (Å²) in [5, 5.41) is 8.29. The highest BCUT2D eigenvalue weighted by molar-refractivity contribution is 5.68. The number of furan rings is 1. The van der Waals surface area contributed by atoms with Gasteiger partial charge in [0.15, 0.2) is 0 Å². The molecule has 0 aliphatic rings. The number of hydrogen-bond donors (Lipinski definition) is 1. The van der Waals surface area contributed by atoms with Crippen LogP contribution in [0.25, 0.3) is 0 Å². The van der Waals surface area contributed by atoms with Gasteiger partial charge in [0, 0.05) is 12.4 Å². The highest BCUT2D eigenvalue weighted by Gasteiger charge is 1.99. The molecule has 0 bridgehead atoms. The average molecular weight is 206 g/mol. The van der Waals surface area contributed by atoms with E-state index < -0.39 is 5.97 Å². The fourth-order valence-corrected chi connectivity index (χ4v) is 0.783. The first-order valence-electron chi connectivity index (χ1n) is 4.24. The molecule has 0 unspecified atom stereocenters. The Morgan fingerprint density at radius 2 is 1.80 bits per heavy atom. The van der Waals surface area contributed by atoms with Gasteiger partial charge in [-0.2, -0.15) is 0 Å².